The van der Waals surface area contributed by atoms with Gasteiger partial charge in [-0.05, 0) is 18.2 Å². The summed E-state index contributed by atoms with van der Waals surface area (Å²) in [6.45, 7) is 0.337. The molecule has 0 atom stereocenters. The highest BCUT2D eigenvalue weighted by atomic mass is 16.3. The monoisotopic (exact) mass is 218 g/mol. The zero-order valence-corrected chi connectivity index (χ0v) is 8.40. The summed E-state index contributed by atoms with van der Waals surface area (Å²) in [5, 5.41) is 2.62. The summed E-state index contributed by atoms with van der Waals surface area (Å²) in [6.07, 6.45) is 4.54. The first-order valence-electron chi connectivity index (χ1n) is 4.74. The third-order valence-electron chi connectivity index (χ3n) is 2.10. The predicted octanol–water partition coefficient (Wildman–Crippen LogP) is 0.898. The van der Waals surface area contributed by atoms with Crippen LogP contribution in [0, 0.1) is 0 Å². The van der Waals surface area contributed by atoms with Crippen LogP contribution in [0.4, 0.5) is 0 Å². The molecule has 0 aromatic carbocycles. The van der Waals surface area contributed by atoms with Gasteiger partial charge < -0.3 is 14.7 Å². The molecule has 0 spiro atoms. The molecule has 0 fully saturated rings. The lowest BCUT2D eigenvalue weighted by Crippen LogP contribution is -2.28. The molecule has 0 saturated heterocycles. The van der Waals surface area contributed by atoms with E-state index in [0.29, 0.717) is 6.54 Å². The number of amides is 1. The Hall–Kier alpha value is -2.30. The van der Waals surface area contributed by atoms with E-state index in [1.165, 1.54) is 24.8 Å². The number of aromatic amines is 1. The summed E-state index contributed by atoms with van der Waals surface area (Å²) in [4.78, 5) is 25.3. The van der Waals surface area contributed by atoms with Crippen LogP contribution in [-0.4, -0.2) is 10.9 Å². The fourth-order valence-electron chi connectivity index (χ4n) is 1.27. The highest BCUT2D eigenvalue weighted by molar-refractivity contribution is 5.93. The van der Waals surface area contributed by atoms with Crippen LogP contribution in [0.5, 0.6) is 0 Å². The van der Waals surface area contributed by atoms with Gasteiger partial charge in [-0.25, -0.2) is 0 Å². The molecule has 0 aliphatic rings. The van der Waals surface area contributed by atoms with Crippen molar-refractivity contribution in [3.8, 4) is 0 Å². The first-order valence-corrected chi connectivity index (χ1v) is 4.74. The van der Waals surface area contributed by atoms with E-state index in [-0.39, 0.29) is 5.56 Å². The van der Waals surface area contributed by atoms with E-state index in [9.17, 15) is 9.59 Å². The smallest absolute Gasteiger partial charge is 0.260 e. The average molecular weight is 218 g/mol. The van der Waals surface area contributed by atoms with Gasteiger partial charge in [0.15, 0.2) is 0 Å². The summed E-state index contributed by atoms with van der Waals surface area (Å²) in [5.41, 5.74) is 0.555. The standard InChI is InChI=1S/C11H10N2O3/c14-10-9(2-1-4-12-10)11(15)13-6-8-3-5-16-7-8/h1-5,7H,6H2,(H,12,14)(H,13,15). The topological polar surface area (TPSA) is 75.1 Å². The lowest BCUT2D eigenvalue weighted by Gasteiger charge is -2.01. The quantitative estimate of drug-likeness (QED) is 0.803. The Balaban J connectivity index is 2.04. The second-order valence-corrected chi connectivity index (χ2v) is 3.23. The molecule has 0 aliphatic heterocycles. The third kappa shape index (κ3) is 2.20. The molecule has 0 bridgehead atoms. The van der Waals surface area contributed by atoms with Crippen molar-refractivity contribution < 1.29 is 9.21 Å². The van der Waals surface area contributed by atoms with E-state index in [2.05, 4.69) is 10.3 Å². The van der Waals surface area contributed by atoms with Crippen molar-refractivity contribution in [3.05, 3.63) is 58.4 Å². The molecule has 0 saturated carbocycles. The van der Waals surface area contributed by atoms with Gasteiger partial charge in [-0.15, -0.1) is 0 Å². The van der Waals surface area contributed by atoms with E-state index in [1.54, 1.807) is 12.1 Å². The maximum Gasteiger partial charge on any atom is 0.260 e. The van der Waals surface area contributed by atoms with Crippen molar-refractivity contribution >= 4 is 5.91 Å². The van der Waals surface area contributed by atoms with E-state index in [4.69, 9.17) is 4.42 Å². The van der Waals surface area contributed by atoms with Crippen LogP contribution in [-0.2, 0) is 6.54 Å². The van der Waals surface area contributed by atoms with Crippen LogP contribution in [0.3, 0.4) is 0 Å². The average Bonchev–Trinajstić information content (AvgIpc) is 2.79. The zero-order chi connectivity index (χ0) is 11.4. The lowest BCUT2D eigenvalue weighted by atomic mass is 10.2. The second kappa shape index (κ2) is 4.48. The van der Waals surface area contributed by atoms with Gasteiger partial charge in [0.2, 0.25) is 0 Å². The van der Waals surface area contributed by atoms with Gasteiger partial charge in [-0.2, -0.15) is 0 Å². The number of carbonyl (C=O) groups is 1. The number of furan rings is 1. The molecule has 2 rings (SSSR count). The van der Waals surface area contributed by atoms with Gasteiger partial charge in [0.1, 0.15) is 5.56 Å². The minimum Gasteiger partial charge on any atom is -0.472 e. The van der Waals surface area contributed by atoms with Gasteiger partial charge in [0, 0.05) is 18.3 Å². The predicted molar refractivity (Wildman–Crippen MR) is 56.9 cm³/mol. The molecule has 2 aromatic rings. The van der Waals surface area contributed by atoms with Gasteiger partial charge in [0.25, 0.3) is 11.5 Å². The zero-order valence-electron chi connectivity index (χ0n) is 8.40. The molecule has 2 heterocycles. The Bertz CT molecular complexity index is 528. The van der Waals surface area contributed by atoms with Crippen LogP contribution in [0.15, 0.2) is 46.1 Å². The molecule has 0 radical (unpaired) electrons. The maximum absolute atomic E-state index is 11.6. The van der Waals surface area contributed by atoms with Gasteiger partial charge in [0.05, 0.1) is 12.5 Å². The van der Waals surface area contributed by atoms with E-state index >= 15 is 0 Å². The molecule has 0 aliphatic carbocycles. The molecule has 16 heavy (non-hydrogen) atoms. The largest absolute Gasteiger partial charge is 0.472 e. The van der Waals surface area contributed by atoms with Crippen molar-refractivity contribution in [1.82, 2.24) is 10.3 Å². The third-order valence-corrected chi connectivity index (χ3v) is 2.10. The summed E-state index contributed by atoms with van der Waals surface area (Å²) < 4.78 is 4.86. The van der Waals surface area contributed by atoms with Crippen LogP contribution in [0.1, 0.15) is 15.9 Å². The van der Waals surface area contributed by atoms with Crippen molar-refractivity contribution in [2.75, 3.05) is 0 Å². The normalized spacial score (nSPS) is 10.0. The van der Waals surface area contributed by atoms with Crippen LogP contribution < -0.4 is 10.9 Å². The van der Waals surface area contributed by atoms with Crippen LogP contribution in [0.2, 0.25) is 0 Å². The lowest BCUT2D eigenvalue weighted by molar-refractivity contribution is 0.0949. The number of hydrogen-bond donors (Lipinski definition) is 2. The SMILES string of the molecule is O=C(NCc1ccoc1)c1ccc[nH]c1=O. The number of nitrogens with one attached hydrogen (secondary N) is 2. The maximum atomic E-state index is 11.6. The molecular weight excluding hydrogens is 208 g/mol. The summed E-state index contributed by atoms with van der Waals surface area (Å²) in [5.74, 6) is -0.400. The van der Waals surface area contributed by atoms with Crippen molar-refractivity contribution in [2.45, 2.75) is 6.54 Å². The molecule has 82 valence electrons. The van der Waals surface area contributed by atoms with E-state index in [0.717, 1.165) is 5.56 Å². The van der Waals surface area contributed by atoms with Crippen molar-refractivity contribution in [3.63, 3.8) is 0 Å². The van der Waals surface area contributed by atoms with Gasteiger partial charge in [-0.1, -0.05) is 0 Å². The van der Waals surface area contributed by atoms with Crippen LogP contribution in [0.25, 0.3) is 0 Å². The summed E-state index contributed by atoms with van der Waals surface area (Å²) in [7, 11) is 0. The highest BCUT2D eigenvalue weighted by Crippen LogP contribution is 1.99. The first kappa shape index (κ1) is 10.2. The molecule has 5 nitrogen and oxygen atoms in total. The number of aromatic nitrogens is 1. The second-order valence-electron chi connectivity index (χ2n) is 3.23. The first-order chi connectivity index (χ1) is 7.77. The van der Waals surface area contributed by atoms with Crippen molar-refractivity contribution in [2.24, 2.45) is 0 Å². The molecule has 0 unspecified atom stereocenters. The molecule has 2 N–H and O–H groups in total. The van der Waals surface area contributed by atoms with E-state index in [1.807, 2.05) is 0 Å². The minimum absolute atomic E-state index is 0.103. The molecular formula is C11H10N2O3. The van der Waals surface area contributed by atoms with Gasteiger partial charge >= 0.3 is 0 Å². The minimum atomic E-state index is -0.400. The van der Waals surface area contributed by atoms with E-state index < -0.39 is 11.5 Å². The highest BCUT2D eigenvalue weighted by Gasteiger charge is 2.08. The Labute approximate surface area is 91.1 Å². The molecule has 2 aromatic heterocycles. The fraction of sp³-hybridized carbons (Fsp3) is 0.0909. The Morgan fingerprint density at radius 3 is 3.00 bits per heavy atom. The number of pyridine rings is 1. The molecule has 1 amide bonds. The number of H-pyrrole nitrogens is 1. The van der Waals surface area contributed by atoms with Crippen molar-refractivity contribution in [1.29, 1.82) is 0 Å². The number of rotatable bonds is 3. The number of carbonyl (C=O) groups excluding carboxylic acids is 1. The molecule has 5 heteroatoms. The summed E-state index contributed by atoms with van der Waals surface area (Å²) in [6, 6.07) is 4.83. The van der Waals surface area contributed by atoms with Crippen LogP contribution >= 0.6 is 0 Å². The van der Waals surface area contributed by atoms with Gasteiger partial charge in [-0.3, -0.25) is 9.59 Å². The Kier molecular flexibility index (Phi) is 2.86. The fourth-order valence-corrected chi connectivity index (χ4v) is 1.27. The Morgan fingerprint density at radius 1 is 1.44 bits per heavy atom. The number of hydrogen-bond acceptors (Lipinski definition) is 3. The summed E-state index contributed by atoms with van der Waals surface area (Å²) >= 11 is 0. The Morgan fingerprint density at radius 2 is 2.31 bits per heavy atom.